The molecular weight excluding hydrogens is 530 g/mol. The number of rotatable bonds is 6. The van der Waals surface area contributed by atoms with Crippen molar-refractivity contribution in [3.8, 4) is 5.75 Å². The summed E-state index contributed by atoms with van der Waals surface area (Å²) in [5.41, 5.74) is 0.909. The third-order valence-corrected chi connectivity index (χ3v) is 5.71. The van der Waals surface area contributed by atoms with Crippen LogP contribution in [-0.2, 0) is 9.53 Å². The van der Waals surface area contributed by atoms with E-state index in [0.717, 1.165) is 16.8 Å². The largest absolute Gasteiger partial charge is 0.506 e. The number of carbonyl (C=O) groups is 2. The second kappa shape index (κ2) is 9.98. The van der Waals surface area contributed by atoms with Crippen LogP contribution in [0, 0.1) is 5.92 Å². The van der Waals surface area contributed by atoms with Crippen LogP contribution in [0.4, 0.5) is 10.5 Å². The van der Waals surface area contributed by atoms with Gasteiger partial charge in [0.15, 0.2) is 0 Å². The molecule has 0 aliphatic carbocycles. The van der Waals surface area contributed by atoms with Crippen molar-refractivity contribution in [3.63, 3.8) is 0 Å². The molecule has 0 aromatic heterocycles. The highest BCUT2D eigenvalue weighted by Crippen LogP contribution is 2.40. The first-order chi connectivity index (χ1) is 14.8. The number of hydrogen-bond donors (Lipinski definition) is 3. The fraction of sp³-hybridized carbons (Fsp3) is 0.130. The number of carboxylic acid groups (broad SMARTS) is 1. The number of ether oxygens (including phenoxy) is 1. The molecule has 0 spiro atoms. The van der Waals surface area contributed by atoms with Gasteiger partial charge in [-0.05, 0) is 39.5 Å². The molecule has 0 radical (unpaired) electrons. The lowest BCUT2D eigenvalue weighted by atomic mass is 9.96. The lowest BCUT2D eigenvalue weighted by Gasteiger charge is -2.24. The zero-order valence-electron chi connectivity index (χ0n) is 16.4. The molecular formula is C23H19Br2NO5. The Labute approximate surface area is 195 Å². The number of carboxylic acids is 1. The van der Waals surface area contributed by atoms with Crippen LogP contribution in [0.25, 0.3) is 10.8 Å². The number of phenols is 1. The lowest BCUT2D eigenvalue weighted by Crippen LogP contribution is -2.21. The molecule has 3 rings (SSSR count). The lowest BCUT2D eigenvalue weighted by molar-refractivity contribution is -0.131. The molecule has 1 amide bonds. The normalized spacial score (nSPS) is 13.1. The molecule has 0 unspecified atom stereocenters. The second-order valence-electron chi connectivity index (χ2n) is 6.86. The van der Waals surface area contributed by atoms with Gasteiger partial charge in [0.2, 0.25) is 0 Å². The van der Waals surface area contributed by atoms with Crippen molar-refractivity contribution < 1.29 is 24.5 Å². The number of anilines is 1. The van der Waals surface area contributed by atoms with Crippen LogP contribution in [0.15, 0.2) is 75.7 Å². The van der Waals surface area contributed by atoms with E-state index < -0.39 is 24.1 Å². The van der Waals surface area contributed by atoms with Gasteiger partial charge in [0.1, 0.15) is 11.9 Å². The Bertz CT molecular complexity index is 1160. The maximum Gasteiger partial charge on any atom is 0.412 e. The fourth-order valence-electron chi connectivity index (χ4n) is 3.18. The third kappa shape index (κ3) is 5.65. The van der Waals surface area contributed by atoms with Gasteiger partial charge in [0.05, 0.1) is 10.2 Å². The number of halogens is 2. The Balaban J connectivity index is 1.92. The van der Waals surface area contributed by atoms with Gasteiger partial charge in [-0.25, -0.2) is 9.59 Å². The summed E-state index contributed by atoms with van der Waals surface area (Å²) in [4.78, 5) is 23.7. The van der Waals surface area contributed by atoms with Gasteiger partial charge in [-0.2, -0.15) is 0 Å². The zero-order valence-corrected chi connectivity index (χ0v) is 19.6. The summed E-state index contributed by atoms with van der Waals surface area (Å²) < 4.78 is 6.75. The molecule has 31 heavy (non-hydrogen) atoms. The number of fused-ring (bicyclic) bond motifs is 1. The van der Waals surface area contributed by atoms with Crippen LogP contribution in [0.2, 0.25) is 0 Å². The maximum absolute atomic E-state index is 12.8. The first-order valence-corrected chi connectivity index (χ1v) is 10.9. The second-order valence-corrected chi connectivity index (χ2v) is 8.63. The maximum atomic E-state index is 12.8. The van der Waals surface area contributed by atoms with Gasteiger partial charge < -0.3 is 14.9 Å². The molecule has 0 aliphatic heterocycles. The minimum atomic E-state index is -1.12. The molecule has 0 fully saturated rings. The van der Waals surface area contributed by atoms with E-state index in [1.165, 1.54) is 6.08 Å². The van der Waals surface area contributed by atoms with Crippen LogP contribution < -0.4 is 5.32 Å². The Morgan fingerprint density at radius 3 is 2.55 bits per heavy atom. The SMILES string of the molecule is C[C@H](/C=C/C(=O)O)[C@H](OC(=O)Nc1cccc2ccccc12)c1cc(Br)cc(Br)c1O. The zero-order chi connectivity index (χ0) is 22.5. The number of aromatic hydroxyl groups is 1. The Kier molecular flexibility index (Phi) is 7.35. The average Bonchev–Trinajstić information content (AvgIpc) is 2.73. The molecule has 0 saturated heterocycles. The van der Waals surface area contributed by atoms with Gasteiger partial charge >= 0.3 is 12.1 Å². The van der Waals surface area contributed by atoms with Crippen molar-refractivity contribution in [2.24, 2.45) is 5.92 Å². The molecule has 2 atom stereocenters. The van der Waals surface area contributed by atoms with Crippen molar-refractivity contribution in [2.75, 3.05) is 5.32 Å². The quantitative estimate of drug-likeness (QED) is 0.300. The molecule has 8 heteroatoms. The van der Waals surface area contributed by atoms with E-state index in [2.05, 4.69) is 37.2 Å². The van der Waals surface area contributed by atoms with Crippen molar-refractivity contribution >= 4 is 60.4 Å². The number of amides is 1. The van der Waals surface area contributed by atoms with Gasteiger partial charge in [-0.15, -0.1) is 0 Å². The van der Waals surface area contributed by atoms with Gasteiger partial charge in [0.25, 0.3) is 0 Å². The van der Waals surface area contributed by atoms with Crippen molar-refractivity contribution in [1.82, 2.24) is 0 Å². The van der Waals surface area contributed by atoms with E-state index in [1.807, 2.05) is 36.4 Å². The van der Waals surface area contributed by atoms with Gasteiger partial charge in [-0.1, -0.05) is 65.3 Å². The predicted octanol–water partition coefficient (Wildman–Crippen LogP) is 6.64. The molecule has 3 aromatic rings. The highest BCUT2D eigenvalue weighted by Gasteiger charge is 2.27. The van der Waals surface area contributed by atoms with Gasteiger partial charge in [-0.3, -0.25) is 5.32 Å². The summed E-state index contributed by atoms with van der Waals surface area (Å²) >= 11 is 6.64. The van der Waals surface area contributed by atoms with Crippen LogP contribution in [0.3, 0.4) is 0 Å². The molecule has 0 bridgehead atoms. The minimum Gasteiger partial charge on any atom is -0.506 e. The smallest absolute Gasteiger partial charge is 0.412 e. The number of nitrogens with one attached hydrogen (secondary N) is 1. The summed E-state index contributed by atoms with van der Waals surface area (Å²) in [6.45, 7) is 1.70. The molecule has 0 heterocycles. The molecule has 160 valence electrons. The number of aliphatic carboxylic acids is 1. The van der Waals surface area contributed by atoms with Crippen molar-refractivity contribution in [2.45, 2.75) is 13.0 Å². The average molecular weight is 549 g/mol. The summed E-state index contributed by atoms with van der Waals surface area (Å²) in [5.74, 6) is -1.76. The summed E-state index contributed by atoms with van der Waals surface area (Å²) in [6.07, 6.45) is 0.715. The minimum absolute atomic E-state index is 0.0956. The van der Waals surface area contributed by atoms with E-state index >= 15 is 0 Å². The molecule has 0 saturated carbocycles. The molecule has 3 aromatic carbocycles. The molecule has 0 aliphatic rings. The highest BCUT2D eigenvalue weighted by molar-refractivity contribution is 9.11. The Morgan fingerprint density at radius 1 is 1.10 bits per heavy atom. The Hall–Kier alpha value is -2.84. The first kappa shape index (κ1) is 22.8. The standard InChI is InChI=1S/C23H19Br2NO5/c1-13(9-10-20(27)28)22(17-11-15(24)12-18(25)21(17)29)31-23(30)26-19-8-4-6-14-5-2-3-7-16(14)19/h2-13,22,29H,1H3,(H,26,30)(H,27,28)/b10-9+/t13-,22+/m1/s1. The number of benzene rings is 3. The summed E-state index contributed by atoms with van der Waals surface area (Å²) in [5, 5.41) is 24.1. The van der Waals surface area contributed by atoms with E-state index in [0.29, 0.717) is 20.2 Å². The van der Waals surface area contributed by atoms with Crippen LogP contribution in [0.5, 0.6) is 5.75 Å². The predicted molar refractivity (Wildman–Crippen MR) is 126 cm³/mol. The monoisotopic (exact) mass is 547 g/mol. The van der Waals surface area contributed by atoms with Crippen LogP contribution in [-0.4, -0.2) is 22.3 Å². The van der Waals surface area contributed by atoms with E-state index in [4.69, 9.17) is 9.84 Å². The van der Waals surface area contributed by atoms with Gasteiger partial charge in [0, 0.05) is 27.4 Å². The fourth-order valence-corrected chi connectivity index (χ4v) is 4.44. The van der Waals surface area contributed by atoms with E-state index in [1.54, 1.807) is 25.1 Å². The number of phenolic OH excluding ortho intramolecular Hbond substituents is 1. The van der Waals surface area contributed by atoms with E-state index in [9.17, 15) is 14.7 Å². The first-order valence-electron chi connectivity index (χ1n) is 9.30. The molecule has 3 N–H and O–H groups in total. The van der Waals surface area contributed by atoms with Crippen molar-refractivity contribution in [3.05, 3.63) is 81.3 Å². The Morgan fingerprint density at radius 2 is 1.81 bits per heavy atom. The highest BCUT2D eigenvalue weighted by atomic mass is 79.9. The number of carbonyl (C=O) groups excluding carboxylic acids is 1. The summed E-state index contributed by atoms with van der Waals surface area (Å²) in [7, 11) is 0. The van der Waals surface area contributed by atoms with Crippen LogP contribution in [0.1, 0.15) is 18.6 Å². The van der Waals surface area contributed by atoms with Crippen molar-refractivity contribution in [1.29, 1.82) is 0 Å². The number of hydrogen-bond acceptors (Lipinski definition) is 4. The van der Waals surface area contributed by atoms with Crippen LogP contribution >= 0.6 is 31.9 Å². The van der Waals surface area contributed by atoms with E-state index in [-0.39, 0.29) is 5.75 Å². The molecule has 6 nitrogen and oxygen atoms in total. The topological polar surface area (TPSA) is 95.9 Å². The third-order valence-electron chi connectivity index (χ3n) is 4.64. The summed E-state index contributed by atoms with van der Waals surface area (Å²) in [6, 6.07) is 16.4.